The molecule has 130 valence electrons. The molecule has 0 spiro atoms. The van der Waals surface area contributed by atoms with Crippen LogP contribution in [0.3, 0.4) is 0 Å². The van der Waals surface area contributed by atoms with Crippen molar-refractivity contribution in [3.63, 3.8) is 0 Å². The minimum absolute atomic E-state index is 0.0749. The molecule has 0 saturated carbocycles. The molecule has 2 amide bonds. The first-order valence-electron chi connectivity index (χ1n) is 8.39. The lowest BCUT2D eigenvalue weighted by molar-refractivity contribution is -0.122. The molecule has 5 nitrogen and oxygen atoms in total. The number of hydrogen-bond acceptors (Lipinski definition) is 3. The molecule has 0 aliphatic carbocycles. The summed E-state index contributed by atoms with van der Waals surface area (Å²) >= 11 is 0. The molecule has 1 atom stereocenters. The number of benzene rings is 2. The number of nitrogens with one attached hydrogen (secondary N) is 3. The van der Waals surface area contributed by atoms with Gasteiger partial charge in [0.25, 0.3) is 0 Å². The summed E-state index contributed by atoms with van der Waals surface area (Å²) in [5.74, 6) is -0.376. The van der Waals surface area contributed by atoms with Crippen LogP contribution < -0.4 is 16.0 Å². The normalized spacial score (nSPS) is 15.8. The van der Waals surface area contributed by atoms with Crippen LogP contribution in [0.4, 0.5) is 17.1 Å². The molecule has 2 aromatic carbocycles. The standard InChI is InChI=1S/C20H23N3O2/c1-11-5-6-15(14(4)7-11)22-19(24)10-18-20(25)23-17-9-13(3)12(2)8-16(17)21-18/h5-9,18,21H,10H2,1-4H3,(H,22,24)(H,23,25)/t18-/m0/s1. The van der Waals surface area contributed by atoms with E-state index in [1.165, 1.54) is 0 Å². The third-order valence-corrected chi connectivity index (χ3v) is 4.58. The fourth-order valence-corrected chi connectivity index (χ4v) is 3.00. The monoisotopic (exact) mass is 337 g/mol. The van der Waals surface area contributed by atoms with E-state index in [-0.39, 0.29) is 18.2 Å². The van der Waals surface area contributed by atoms with Gasteiger partial charge in [-0.05, 0) is 62.6 Å². The molecule has 5 heteroatoms. The van der Waals surface area contributed by atoms with Crippen LogP contribution in [0.25, 0.3) is 0 Å². The molecule has 1 heterocycles. The number of amides is 2. The van der Waals surface area contributed by atoms with Crippen LogP contribution in [0.5, 0.6) is 0 Å². The topological polar surface area (TPSA) is 70.2 Å². The second-order valence-electron chi connectivity index (χ2n) is 6.74. The maximum absolute atomic E-state index is 12.4. The largest absolute Gasteiger partial charge is 0.372 e. The van der Waals surface area contributed by atoms with Gasteiger partial charge in [-0.3, -0.25) is 9.59 Å². The Labute approximate surface area is 147 Å². The van der Waals surface area contributed by atoms with E-state index in [0.717, 1.165) is 39.3 Å². The molecular formula is C20H23N3O2. The molecule has 0 fully saturated rings. The highest BCUT2D eigenvalue weighted by Gasteiger charge is 2.28. The van der Waals surface area contributed by atoms with Crippen molar-refractivity contribution in [3.05, 3.63) is 52.6 Å². The Hall–Kier alpha value is -2.82. The second kappa shape index (κ2) is 6.59. The van der Waals surface area contributed by atoms with E-state index < -0.39 is 6.04 Å². The zero-order chi connectivity index (χ0) is 18.1. The van der Waals surface area contributed by atoms with Gasteiger partial charge in [-0.25, -0.2) is 0 Å². The van der Waals surface area contributed by atoms with Crippen molar-refractivity contribution in [1.82, 2.24) is 0 Å². The highest BCUT2D eigenvalue weighted by molar-refractivity contribution is 6.06. The zero-order valence-corrected chi connectivity index (χ0v) is 15.0. The Kier molecular flexibility index (Phi) is 4.49. The molecule has 0 bridgehead atoms. The Morgan fingerprint density at radius 1 is 1.00 bits per heavy atom. The van der Waals surface area contributed by atoms with Gasteiger partial charge in [0.15, 0.2) is 0 Å². The van der Waals surface area contributed by atoms with Crippen molar-refractivity contribution < 1.29 is 9.59 Å². The Bertz CT molecular complexity index is 858. The summed E-state index contributed by atoms with van der Waals surface area (Å²) in [4.78, 5) is 24.7. The Morgan fingerprint density at radius 3 is 2.36 bits per heavy atom. The number of carbonyl (C=O) groups is 2. The third-order valence-electron chi connectivity index (χ3n) is 4.58. The van der Waals surface area contributed by atoms with Gasteiger partial charge >= 0.3 is 0 Å². The number of carbonyl (C=O) groups excluding carboxylic acids is 2. The van der Waals surface area contributed by atoms with Gasteiger partial charge in [0.05, 0.1) is 17.8 Å². The lowest BCUT2D eigenvalue weighted by atomic mass is 10.0. The van der Waals surface area contributed by atoms with Gasteiger partial charge in [0.2, 0.25) is 11.8 Å². The molecule has 0 radical (unpaired) electrons. The summed E-state index contributed by atoms with van der Waals surface area (Å²) in [6.45, 7) is 7.99. The molecule has 0 saturated heterocycles. The van der Waals surface area contributed by atoms with Gasteiger partial charge in [0, 0.05) is 5.69 Å². The lowest BCUT2D eigenvalue weighted by Gasteiger charge is -2.27. The molecule has 0 unspecified atom stereocenters. The van der Waals surface area contributed by atoms with Gasteiger partial charge in [-0.15, -0.1) is 0 Å². The van der Waals surface area contributed by atoms with Crippen molar-refractivity contribution in [2.24, 2.45) is 0 Å². The van der Waals surface area contributed by atoms with E-state index in [4.69, 9.17) is 0 Å². The smallest absolute Gasteiger partial charge is 0.247 e. The van der Waals surface area contributed by atoms with Crippen molar-refractivity contribution in [3.8, 4) is 0 Å². The predicted octanol–water partition coefficient (Wildman–Crippen LogP) is 3.68. The van der Waals surface area contributed by atoms with Crippen LogP contribution in [0.15, 0.2) is 30.3 Å². The summed E-state index contributed by atoms with van der Waals surface area (Å²) in [5, 5.41) is 8.96. The first kappa shape index (κ1) is 17.0. The summed E-state index contributed by atoms with van der Waals surface area (Å²) < 4.78 is 0. The van der Waals surface area contributed by atoms with Gasteiger partial charge in [-0.1, -0.05) is 17.7 Å². The minimum atomic E-state index is -0.583. The first-order valence-corrected chi connectivity index (χ1v) is 8.39. The SMILES string of the molecule is Cc1ccc(NC(=O)C[C@@H]2Nc3cc(C)c(C)cc3NC2=O)c(C)c1. The summed E-state index contributed by atoms with van der Waals surface area (Å²) in [6, 6.07) is 9.22. The fourth-order valence-electron chi connectivity index (χ4n) is 3.00. The number of fused-ring (bicyclic) bond motifs is 1. The quantitative estimate of drug-likeness (QED) is 0.800. The third kappa shape index (κ3) is 3.65. The summed E-state index contributed by atoms with van der Waals surface area (Å²) in [7, 11) is 0. The minimum Gasteiger partial charge on any atom is -0.372 e. The summed E-state index contributed by atoms with van der Waals surface area (Å²) in [6.07, 6.45) is 0.0749. The predicted molar refractivity (Wildman–Crippen MR) is 101 cm³/mol. The molecule has 1 aliphatic heterocycles. The maximum atomic E-state index is 12.4. The number of aryl methyl sites for hydroxylation is 4. The highest BCUT2D eigenvalue weighted by atomic mass is 16.2. The zero-order valence-electron chi connectivity index (χ0n) is 15.0. The fraction of sp³-hybridized carbons (Fsp3) is 0.300. The number of rotatable bonds is 3. The van der Waals surface area contributed by atoms with E-state index in [9.17, 15) is 9.59 Å². The van der Waals surface area contributed by atoms with Crippen molar-refractivity contribution in [2.75, 3.05) is 16.0 Å². The van der Waals surface area contributed by atoms with Crippen molar-refractivity contribution in [1.29, 1.82) is 0 Å². The van der Waals surface area contributed by atoms with Crippen LogP contribution in [0, 0.1) is 27.7 Å². The van der Waals surface area contributed by atoms with Crippen LogP contribution in [-0.4, -0.2) is 17.9 Å². The van der Waals surface area contributed by atoms with E-state index in [2.05, 4.69) is 16.0 Å². The van der Waals surface area contributed by atoms with E-state index in [1.54, 1.807) is 0 Å². The van der Waals surface area contributed by atoms with Crippen molar-refractivity contribution in [2.45, 2.75) is 40.2 Å². The summed E-state index contributed by atoms with van der Waals surface area (Å²) in [5.41, 5.74) is 6.80. The number of hydrogen-bond donors (Lipinski definition) is 3. The van der Waals surface area contributed by atoms with E-state index in [0.29, 0.717) is 0 Å². The average Bonchev–Trinajstić information content (AvgIpc) is 2.53. The van der Waals surface area contributed by atoms with Crippen molar-refractivity contribution >= 4 is 28.9 Å². The van der Waals surface area contributed by atoms with Gasteiger partial charge in [-0.2, -0.15) is 0 Å². The number of anilines is 3. The van der Waals surface area contributed by atoms with E-state index in [1.807, 2.05) is 58.0 Å². The molecule has 1 aliphatic rings. The second-order valence-corrected chi connectivity index (χ2v) is 6.74. The Morgan fingerprint density at radius 2 is 1.68 bits per heavy atom. The van der Waals surface area contributed by atoms with E-state index >= 15 is 0 Å². The van der Waals surface area contributed by atoms with Gasteiger partial charge in [0.1, 0.15) is 6.04 Å². The molecular weight excluding hydrogens is 314 g/mol. The Balaban J connectivity index is 1.71. The maximum Gasteiger partial charge on any atom is 0.247 e. The van der Waals surface area contributed by atoms with Gasteiger partial charge < -0.3 is 16.0 Å². The van der Waals surface area contributed by atoms with Crippen LogP contribution in [0.1, 0.15) is 28.7 Å². The highest BCUT2D eigenvalue weighted by Crippen LogP contribution is 2.30. The lowest BCUT2D eigenvalue weighted by Crippen LogP contribution is -2.41. The first-order chi connectivity index (χ1) is 11.8. The van der Waals surface area contributed by atoms with Crippen LogP contribution in [-0.2, 0) is 9.59 Å². The molecule has 3 N–H and O–H groups in total. The molecule has 25 heavy (non-hydrogen) atoms. The van der Waals surface area contributed by atoms with Crippen LogP contribution >= 0.6 is 0 Å². The molecule has 2 aromatic rings. The van der Waals surface area contributed by atoms with Crippen LogP contribution in [0.2, 0.25) is 0 Å². The average molecular weight is 337 g/mol. The molecule has 0 aromatic heterocycles. The molecule has 3 rings (SSSR count).